The van der Waals surface area contributed by atoms with Crippen LogP contribution in [0.15, 0.2) is 121 Å². The Morgan fingerprint density at radius 3 is 0.978 bits per heavy atom. The molecule has 0 N–H and O–H groups in total. The van der Waals surface area contributed by atoms with Gasteiger partial charge < -0.3 is 0 Å². The average molecular weight is 734 g/mol. The van der Waals surface area contributed by atoms with Crippen LogP contribution in [-0.2, 0) is 33.0 Å². The van der Waals surface area contributed by atoms with Crippen molar-refractivity contribution in [2.75, 3.05) is 0 Å². The third-order valence-electron chi connectivity index (χ3n) is 8.18. The molecule has 0 fully saturated rings. The molecule has 0 heterocycles. The molecule has 248 valence electrons. The zero-order valence-corrected chi connectivity index (χ0v) is 32.5. The Bertz CT molecular complexity index is 1430. The molecule has 0 aromatic heterocycles. The quantitative estimate of drug-likeness (QED) is 0.0804. The van der Waals surface area contributed by atoms with Crippen LogP contribution >= 0.6 is 15.8 Å². The van der Waals surface area contributed by atoms with Gasteiger partial charge in [0.25, 0.3) is 0 Å². The van der Waals surface area contributed by atoms with E-state index in [0.29, 0.717) is 0 Å². The van der Waals surface area contributed by atoms with Crippen LogP contribution in [0.4, 0.5) is 0 Å². The second-order valence-electron chi connectivity index (χ2n) is 12.8. The molecule has 0 nitrogen and oxygen atoms in total. The van der Waals surface area contributed by atoms with Gasteiger partial charge in [-0.3, -0.25) is 0 Å². The van der Waals surface area contributed by atoms with E-state index in [1.165, 1.54) is 22.3 Å². The van der Waals surface area contributed by atoms with Crippen molar-refractivity contribution in [2.45, 2.75) is 78.0 Å². The van der Waals surface area contributed by atoms with Gasteiger partial charge in [-0.2, -0.15) is 48.5 Å². The van der Waals surface area contributed by atoms with Gasteiger partial charge in [0.1, 0.15) is 0 Å². The van der Waals surface area contributed by atoms with Gasteiger partial charge in [0.2, 0.25) is 0 Å². The van der Waals surface area contributed by atoms with Crippen LogP contribution < -0.4 is 10.6 Å². The van der Waals surface area contributed by atoms with Crippen molar-refractivity contribution in [3.8, 4) is 33.4 Å². The Hall–Kier alpha value is -2.05. The van der Waals surface area contributed by atoms with Crippen molar-refractivity contribution < 1.29 is 33.0 Å². The first-order chi connectivity index (χ1) is 21.2. The Balaban J connectivity index is 0.000000440. The van der Waals surface area contributed by atoms with Gasteiger partial charge in [-0.15, -0.1) is 12.1 Å². The number of hydrogen-bond acceptors (Lipinski definition) is 0. The molecule has 0 saturated heterocycles. The molecule has 5 rings (SSSR count). The fourth-order valence-corrected chi connectivity index (χ4v) is 13.3. The Kier molecular flexibility index (Phi) is 17.2. The van der Waals surface area contributed by atoms with Crippen LogP contribution in [0.25, 0.3) is 33.4 Å². The van der Waals surface area contributed by atoms with Crippen molar-refractivity contribution in [2.24, 2.45) is 0 Å². The van der Waals surface area contributed by atoms with Crippen molar-refractivity contribution in [3.63, 3.8) is 0 Å². The molecule has 0 aliphatic heterocycles. The summed E-state index contributed by atoms with van der Waals surface area (Å²) in [4.78, 5) is 0. The third-order valence-corrected chi connectivity index (χ3v) is 15.3. The zero-order valence-electron chi connectivity index (χ0n) is 28.5. The minimum atomic E-state index is -0.627. The van der Waals surface area contributed by atoms with Crippen molar-refractivity contribution in [1.29, 1.82) is 0 Å². The van der Waals surface area contributed by atoms with Crippen LogP contribution in [-0.4, -0.2) is 22.6 Å². The predicted octanol–water partition coefficient (Wildman–Crippen LogP) is 11.3. The van der Waals surface area contributed by atoms with Crippen LogP contribution in [0, 0.1) is 12.1 Å². The maximum atomic E-state index is 3.15. The van der Waals surface area contributed by atoms with E-state index >= 15 is 0 Å². The topological polar surface area (TPSA) is 0 Å². The minimum Gasteiger partial charge on any atom is -0.226 e. The molecule has 0 bridgehead atoms. The summed E-state index contributed by atoms with van der Waals surface area (Å²) in [6, 6.07) is 49.8. The number of benzene rings is 5. The first-order valence-corrected chi connectivity index (χ1v) is 19.5. The maximum Gasteiger partial charge on any atom is 0.0997 e. The first-order valence-electron chi connectivity index (χ1n) is 16.2. The van der Waals surface area contributed by atoms with Crippen LogP contribution in [0.1, 0.15) is 55.4 Å². The van der Waals surface area contributed by atoms with Crippen LogP contribution in [0.2, 0.25) is 0 Å². The molecule has 0 amide bonds. The molecule has 0 aliphatic rings. The van der Waals surface area contributed by atoms with Crippen molar-refractivity contribution in [1.82, 2.24) is 0 Å². The summed E-state index contributed by atoms with van der Waals surface area (Å²) in [5.74, 6) is 0. The van der Waals surface area contributed by atoms with E-state index < -0.39 is 15.8 Å². The van der Waals surface area contributed by atoms with Crippen molar-refractivity contribution >= 4 is 26.5 Å². The number of hydrogen-bond donors (Lipinski definition) is 0. The van der Waals surface area contributed by atoms with Gasteiger partial charge >= 0.3 is 0 Å². The van der Waals surface area contributed by atoms with Gasteiger partial charge in [-0.1, -0.05) is 60.7 Å². The third kappa shape index (κ3) is 10.5. The molecule has 5 aromatic carbocycles. The Morgan fingerprint density at radius 2 is 0.696 bits per heavy atom. The molecular weight excluding hydrogens is 684 g/mol. The molecular formula is C42H50Ni2P2. The summed E-state index contributed by atoms with van der Waals surface area (Å²) >= 11 is 0. The van der Waals surface area contributed by atoms with Gasteiger partial charge in [-0.25, -0.2) is 11.1 Å². The van der Waals surface area contributed by atoms with E-state index in [4.69, 9.17) is 0 Å². The van der Waals surface area contributed by atoms with E-state index in [2.05, 4.69) is 140 Å². The first kappa shape index (κ1) is 40.1. The summed E-state index contributed by atoms with van der Waals surface area (Å²) in [5, 5.41) is 3.17. The normalized spacial score (nSPS) is 11.0. The predicted molar refractivity (Wildman–Crippen MR) is 203 cm³/mol. The second kappa shape index (κ2) is 19.7. The van der Waals surface area contributed by atoms with E-state index in [1.807, 2.05) is 48.5 Å². The fraction of sp³-hybridized carbons (Fsp3) is 0.286. The number of rotatable bonds is 9. The SMILES string of the molecule is CC(C)[PH+](c1ccccc1-c1ccc(-c2ccccc2[PH+](C(C)C)C(C)C)cc1)C(C)C.[Ni].[Ni].[c-]1ccccc1-c1[c-]cccc1. The zero-order chi connectivity index (χ0) is 31.6. The van der Waals surface area contributed by atoms with Gasteiger partial charge in [0.15, 0.2) is 0 Å². The van der Waals surface area contributed by atoms with E-state index in [9.17, 15) is 0 Å². The summed E-state index contributed by atoms with van der Waals surface area (Å²) < 4.78 is 0. The molecule has 0 saturated carbocycles. The van der Waals surface area contributed by atoms with E-state index in [0.717, 1.165) is 33.8 Å². The monoisotopic (exact) mass is 732 g/mol. The standard InChI is InChI=1S/C30H40P2.C12H8.2Ni/c1-21(2)31(22(3)4)29-15-11-9-13-27(29)25-17-19-26(20-18-25)28-14-10-12-16-30(28)32(23(5)6)24(7)8;1-3-7-11(8-4-1)12-9-5-2-6-10-12;;/h9-24H,1-8H3;1-7,9H;;/q;-2;;/p+2. The smallest absolute Gasteiger partial charge is 0.0997 e. The summed E-state index contributed by atoms with van der Waals surface area (Å²) in [5.41, 5.74) is 10.6. The maximum absolute atomic E-state index is 3.15. The minimum absolute atomic E-state index is 0. The molecule has 0 atom stereocenters. The fourth-order valence-electron chi connectivity index (χ4n) is 6.50. The Labute approximate surface area is 302 Å². The average Bonchev–Trinajstić information content (AvgIpc) is 3.02. The largest absolute Gasteiger partial charge is 0.226 e. The van der Waals surface area contributed by atoms with Crippen molar-refractivity contribution in [3.05, 3.63) is 133 Å². The molecule has 0 spiro atoms. The molecule has 46 heavy (non-hydrogen) atoms. The summed E-state index contributed by atoms with van der Waals surface area (Å²) in [6.07, 6.45) is 0. The molecule has 4 heteroatoms. The molecule has 0 aliphatic carbocycles. The van der Waals surface area contributed by atoms with Crippen LogP contribution in [0.3, 0.4) is 0 Å². The molecule has 0 radical (unpaired) electrons. The second-order valence-corrected chi connectivity index (χ2v) is 20.3. The van der Waals surface area contributed by atoms with E-state index in [1.54, 1.807) is 10.6 Å². The van der Waals surface area contributed by atoms with Gasteiger partial charge in [-0.05, 0) is 78.6 Å². The molecule has 0 unspecified atom stereocenters. The van der Waals surface area contributed by atoms with E-state index in [-0.39, 0.29) is 33.0 Å². The summed E-state index contributed by atoms with van der Waals surface area (Å²) in [7, 11) is -1.25. The van der Waals surface area contributed by atoms with Crippen LogP contribution in [0.5, 0.6) is 0 Å². The van der Waals surface area contributed by atoms with Gasteiger partial charge in [0.05, 0.1) is 33.2 Å². The Morgan fingerprint density at radius 1 is 0.391 bits per heavy atom. The molecule has 5 aromatic rings. The van der Waals surface area contributed by atoms with Gasteiger partial charge in [0, 0.05) is 60.0 Å². The summed E-state index contributed by atoms with van der Waals surface area (Å²) in [6.45, 7) is 19.2.